The van der Waals surface area contributed by atoms with Gasteiger partial charge in [0.1, 0.15) is 0 Å². The van der Waals surface area contributed by atoms with Gasteiger partial charge < -0.3 is 15.5 Å². The Bertz CT molecular complexity index is 525. The topological polar surface area (TPSA) is 105 Å². The standard InChI is InChI=1S/C14H19N3O5S/c18-10-5-6-11(19)17(10)22-12(20)4-2-1-3-9-13-8(7-23-9)15-14(21)16-13/h8-9,13H,1-7H2,(H2,15,16,21)/t8-,9?,13-/m1/s1. The number of hydrogen-bond donors (Lipinski definition) is 2. The molecule has 0 bridgehead atoms. The van der Waals surface area contributed by atoms with E-state index in [0.29, 0.717) is 16.7 Å². The highest BCUT2D eigenvalue weighted by Gasteiger charge is 2.42. The zero-order valence-corrected chi connectivity index (χ0v) is 13.4. The molecule has 9 heteroatoms. The molecule has 4 amide bonds. The number of hydroxylamine groups is 2. The number of fused-ring (bicyclic) bond motifs is 1. The normalized spacial score (nSPS) is 29.5. The highest BCUT2D eigenvalue weighted by atomic mass is 32.2. The zero-order valence-electron chi connectivity index (χ0n) is 12.6. The lowest BCUT2D eigenvalue weighted by atomic mass is 10.0. The number of carbonyl (C=O) groups is 4. The fourth-order valence-corrected chi connectivity index (χ4v) is 4.61. The molecule has 0 aromatic rings. The molecule has 3 aliphatic rings. The summed E-state index contributed by atoms with van der Waals surface area (Å²) in [5.41, 5.74) is 0. The average Bonchev–Trinajstić information content (AvgIpc) is 3.14. The summed E-state index contributed by atoms with van der Waals surface area (Å²) in [6.07, 6.45) is 2.75. The van der Waals surface area contributed by atoms with Gasteiger partial charge in [0.15, 0.2) is 0 Å². The lowest BCUT2D eigenvalue weighted by Crippen LogP contribution is -2.36. The molecule has 0 aromatic heterocycles. The number of hydrogen-bond acceptors (Lipinski definition) is 6. The largest absolute Gasteiger partial charge is 0.333 e. The molecule has 3 aliphatic heterocycles. The van der Waals surface area contributed by atoms with Crippen LogP contribution in [-0.4, -0.2) is 52.0 Å². The van der Waals surface area contributed by atoms with Crippen LogP contribution in [0, 0.1) is 0 Å². The van der Waals surface area contributed by atoms with Crippen LogP contribution in [0.1, 0.15) is 38.5 Å². The highest BCUT2D eigenvalue weighted by molar-refractivity contribution is 8.00. The Morgan fingerprint density at radius 1 is 1.17 bits per heavy atom. The van der Waals surface area contributed by atoms with Gasteiger partial charge in [-0.1, -0.05) is 6.42 Å². The third-order valence-corrected chi connectivity index (χ3v) is 5.77. The number of amides is 4. The Morgan fingerprint density at radius 3 is 2.65 bits per heavy atom. The molecule has 2 N–H and O–H groups in total. The van der Waals surface area contributed by atoms with Gasteiger partial charge in [-0.05, 0) is 12.8 Å². The summed E-state index contributed by atoms with van der Waals surface area (Å²) < 4.78 is 0. The van der Waals surface area contributed by atoms with Gasteiger partial charge in [-0.3, -0.25) is 9.59 Å². The molecule has 1 unspecified atom stereocenters. The van der Waals surface area contributed by atoms with Crippen LogP contribution < -0.4 is 10.6 Å². The van der Waals surface area contributed by atoms with Gasteiger partial charge in [0.2, 0.25) is 0 Å². The molecule has 3 fully saturated rings. The van der Waals surface area contributed by atoms with Crippen molar-refractivity contribution >= 4 is 35.6 Å². The summed E-state index contributed by atoms with van der Waals surface area (Å²) >= 11 is 1.83. The van der Waals surface area contributed by atoms with Crippen molar-refractivity contribution in [2.24, 2.45) is 0 Å². The van der Waals surface area contributed by atoms with Crippen LogP contribution >= 0.6 is 11.8 Å². The van der Waals surface area contributed by atoms with Crippen molar-refractivity contribution < 1.29 is 24.0 Å². The third-order valence-electron chi connectivity index (χ3n) is 4.26. The minimum atomic E-state index is -0.554. The molecule has 3 atom stereocenters. The molecular weight excluding hydrogens is 322 g/mol. The second-order valence-corrected chi connectivity index (χ2v) is 7.18. The first-order valence-electron chi connectivity index (χ1n) is 7.80. The summed E-state index contributed by atoms with van der Waals surface area (Å²) in [5, 5.41) is 6.76. The molecule has 126 valence electrons. The van der Waals surface area contributed by atoms with Crippen molar-refractivity contribution in [3.8, 4) is 0 Å². The van der Waals surface area contributed by atoms with Gasteiger partial charge in [-0.15, -0.1) is 5.06 Å². The molecule has 0 radical (unpaired) electrons. The van der Waals surface area contributed by atoms with E-state index < -0.39 is 17.8 Å². The van der Waals surface area contributed by atoms with Crippen molar-refractivity contribution in [3.63, 3.8) is 0 Å². The summed E-state index contributed by atoms with van der Waals surface area (Å²) in [7, 11) is 0. The maximum absolute atomic E-state index is 11.7. The van der Waals surface area contributed by atoms with E-state index in [1.165, 1.54) is 0 Å². The first-order chi connectivity index (χ1) is 11.0. The van der Waals surface area contributed by atoms with Crippen LogP contribution in [0.25, 0.3) is 0 Å². The van der Waals surface area contributed by atoms with Crippen molar-refractivity contribution in [2.45, 2.75) is 55.9 Å². The second-order valence-electron chi connectivity index (χ2n) is 5.91. The highest BCUT2D eigenvalue weighted by Crippen LogP contribution is 2.33. The Labute approximate surface area is 137 Å². The summed E-state index contributed by atoms with van der Waals surface area (Å²) in [5.74, 6) is -0.557. The van der Waals surface area contributed by atoms with Gasteiger partial charge in [0.05, 0.1) is 12.1 Å². The first kappa shape index (κ1) is 16.1. The number of carbonyl (C=O) groups excluding carboxylic acids is 4. The van der Waals surface area contributed by atoms with Crippen LogP contribution in [0.3, 0.4) is 0 Å². The first-order valence-corrected chi connectivity index (χ1v) is 8.84. The molecule has 23 heavy (non-hydrogen) atoms. The van der Waals surface area contributed by atoms with Gasteiger partial charge >= 0.3 is 12.0 Å². The van der Waals surface area contributed by atoms with Crippen LogP contribution in [0.2, 0.25) is 0 Å². The minimum Gasteiger partial charge on any atom is -0.332 e. The molecule has 0 aliphatic carbocycles. The summed E-state index contributed by atoms with van der Waals surface area (Å²) in [6.45, 7) is 0. The number of nitrogens with zero attached hydrogens (tertiary/aromatic N) is 1. The van der Waals surface area contributed by atoms with Gasteiger partial charge in [-0.2, -0.15) is 11.8 Å². The van der Waals surface area contributed by atoms with E-state index >= 15 is 0 Å². The maximum Gasteiger partial charge on any atom is 0.333 e. The zero-order chi connectivity index (χ0) is 16.4. The number of imide groups is 1. The monoisotopic (exact) mass is 341 g/mol. The number of nitrogens with one attached hydrogen (secondary N) is 2. The number of thioether (sulfide) groups is 1. The van der Waals surface area contributed by atoms with Crippen LogP contribution in [0.15, 0.2) is 0 Å². The van der Waals surface area contributed by atoms with E-state index in [1.807, 2.05) is 11.8 Å². The fraction of sp³-hybridized carbons (Fsp3) is 0.714. The lowest BCUT2D eigenvalue weighted by Gasteiger charge is -2.16. The van der Waals surface area contributed by atoms with Crippen molar-refractivity contribution in [1.29, 1.82) is 0 Å². The Kier molecular flexibility index (Phi) is 4.74. The molecule has 0 spiro atoms. The molecule has 3 saturated heterocycles. The predicted octanol–water partition coefficient (Wildman–Crippen LogP) is 0.319. The summed E-state index contributed by atoms with van der Waals surface area (Å²) in [6, 6.07) is 0.266. The summed E-state index contributed by atoms with van der Waals surface area (Å²) in [4.78, 5) is 50.5. The molecule has 8 nitrogen and oxygen atoms in total. The predicted molar refractivity (Wildman–Crippen MR) is 81.1 cm³/mol. The molecule has 0 saturated carbocycles. The van der Waals surface area contributed by atoms with Gasteiger partial charge in [0, 0.05) is 30.3 Å². The Balaban J connectivity index is 1.34. The van der Waals surface area contributed by atoms with Gasteiger partial charge in [0.25, 0.3) is 11.8 Å². The molecular formula is C14H19N3O5S. The van der Waals surface area contributed by atoms with Crippen molar-refractivity contribution in [2.75, 3.05) is 5.75 Å². The third kappa shape index (κ3) is 3.60. The second kappa shape index (κ2) is 6.77. The number of unbranched alkanes of at least 4 members (excludes halogenated alkanes) is 1. The fourth-order valence-electron chi connectivity index (χ4n) is 3.06. The SMILES string of the molecule is O=C1N[C@@H]2CSC(CCCCC(=O)ON3C(=O)CCC3=O)[C@@H]2N1. The van der Waals surface area contributed by atoms with E-state index in [0.717, 1.165) is 18.6 Å². The lowest BCUT2D eigenvalue weighted by molar-refractivity contribution is -0.197. The Hall–Kier alpha value is -1.77. The van der Waals surface area contributed by atoms with E-state index in [4.69, 9.17) is 4.84 Å². The quantitative estimate of drug-likeness (QED) is 0.409. The van der Waals surface area contributed by atoms with Crippen LogP contribution in [0.5, 0.6) is 0 Å². The van der Waals surface area contributed by atoms with Crippen molar-refractivity contribution in [1.82, 2.24) is 15.7 Å². The minimum absolute atomic E-state index is 0.103. The smallest absolute Gasteiger partial charge is 0.332 e. The van der Waals surface area contributed by atoms with E-state index in [2.05, 4.69) is 10.6 Å². The van der Waals surface area contributed by atoms with Crippen LogP contribution in [0.4, 0.5) is 4.79 Å². The number of urea groups is 1. The molecule has 0 aromatic carbocycles. The van der Waals surface area contributed by atoms with E-state index in [9.17, 15) is 19.2 Å². The average molecular weight is 341 g/mol. The maximum atomic E-state index is 11.7. The number of rotatable bonds is 6. The Morgan fingerprint density at radius 2 is 1.91 bits per heavy atom. The van der Waals surface area contributed by atoms with E-state index in [1.54, 1.807) is 0 Å². The molecule has 3 heterocycles. The molecule has 3 rings (SSSR count). The van der Waals surface area contributed by atoms with E-state index in [-0.39, 0.29) is 37.4 Å². The van der Waals surface area contributed by atoms with Crippen molar-refractivity contribution in [3.05, 3.63) is 0 Å². The van der Waals surface area contributed by atoms with Crippen LogP contribution in [-0.2, 0) is 19.2 Å². The van der Waals surface area contributed by atoms with Gasteiger partial charge in [-0.25, -0.2) is 9.59 Å².